The molecule has 0 saturated carbocycles. The number of aromatic nitrogens is 1. The number of nitriles is 1. The minimum absolute atomic E-state index is 0.260. The molecule has 2 rings (SSSR count). The summed E-state index contributed by atoms with van der Waals surface area (Å²) >= 11 is 0. The third-order valence-electron chi connectivity index (χ3n) is 3.25. The van der Waals surface area contributed by atoms with Crippen molar-refractivity contribution in [3.63, 3.8) is 0 Å². The van der Waals surface area contributed by atoms with Crippen LogP contribution in [0.2, 0.25) is 0 Å². The van der Waals surface area contributed by atoms with E-state index in [-0.39, 0.29) is 11.4 Å². The molecule has 1 aromatic carbocycles. The summed E-state index contributed by atoms with van der Waals surface area (Å²) < 4.78 is 0. The first-order chi connectivity index (χ1) is 10.9. The highest BCUT2D eigenvalue weighted by atomic mass is 16.4. The molecule has 0 atom stereocenters. The number of benzene rings is 1. The third kappa shape index (κ3) is 3.47. The highest BCUT2D eigenvalue weighted by Gasteiger charge is 2.15. The summed E-state index contributed by atoms with van der Waals surface area (Å²) in [5.41, 5.74) is 2.24. The van der Waals surface area contributed by atoms with Gasteiger partial charge in [-0.1, -0.05) is 17.6 Å². The standard InChI is InChI=1S/C15H12BN3O4/c16-13-8(5-17)2-1-3-10(13)9-4-11(20)14(18-6-9)15(23)19-7-12(21)22/h1-4,6,20H,7,16H2,(H,19,23)(H,21,22). The van der Waals surface area contributed by atoms with Crippen LogP contribution in [0.3, 0.4) is 0 Å². The van der Waals surface area contributed by atoms with Gasteiger partial charge < -0.3 is 15.5 Å². The van der Waals surface area contributed by atoms with Gasteiger partial charge in [-0.2, -0.15) is 5.26 Å². The molecule has 0 saturated heterocycles. The summed E-state index contributed by atoms with van der Waals surface area (Å²) in [6, 6.07) is 8.60. The lowest BCUT2D eigenvalue weighted by atomic mass is 9.84. The number of nitrogens with zero attached hydrogens (tertiary/aromatic N) is 2. The van der Waals surface area contributed by atoms with Gasteiger partial charge in [0.2, 0.25) is 0 Å². The zero-order chi connectivity index (χ0) is 17.0. The molecule has 7 nitrogen and oxygen atoms in total. The number of aromatic hydroxyl groups is 1. The van der Waals surface area contributed by atoms with Crippen molar-refractivity contribution in [1.29, 1.82) is 5.26 Å². The summed E-state index contributed by atoms with van der Waals surface area (Å²) in [6.45, 7) is -0.564. The highest BCUT2D eigenvalue weighted by molar-refractivity contribution is 6.37. The van der Waals surface area contributed by atoms with Crippen LogP contribution in [0.5, 0.6) is 5.75 Å². The van der Waals surface area contributed by atoms with Crippen LogP contribution in [-0.4, -0.2) is 41.5 Å². The van der Waals surface area contributed by atoms with E-state index < -0.39 is 18.4 Å². The number of carbonyl (C=O) groups excluding carboxylic acids is 1. The van der Waals surface area contributed by atoms with Gasteiger partial charge in [-0.15, -0.1) is 0 Å². The molecule has 0 radical (unpaired) electrons. The Hall–Kier alpha value is -3.34. The molecule has 0 aliphatic rings. The summed E-state index contributed by atoms with van der Waals surface area (Å²) in [7, 11) is 1.78. The molecule has 0 bridgehead atoms. The number of carboxylic acid groups (broad SMARTS) is 1. The van der Waals surface area contributed by atoms with E-state index in [0.717, 1.165) is 5.46 Å². The number of carboxylic acids is 1. The van der Waals surface area contributed by atoms with Crippen molar-refractivity contribution in [1.82, 2.24) is 10.3 Å². The van der Waals surface area contributed by atoms with Gasteiger partial charge in [0.05, 0.1) is 6.07 Å². The van der Waals surface area contributed by atoms with Gasteiger partial charge in [0.15, 0.2) is 5.69 Å². The zero-order valence-electron chi connectivity index (χ0n) is 12.2. The van der Waals surface area contributed by atoms with Crippen LogP contribution in [0.25, 0.3) is 11.1 Å². The van der Waals surface area contributed by atoms with Crippen LogP contribution in [-0.2, 0) is 4.79 Å². The van der Waals surface area contributed by atoms with Gasteiger partial charge >= 0.3 is 5.97 Å². The molecule has 3 N–H and O–H groups in total. The minimum Gasteiger partial charge on any atom is -0.505 e. The van der Waals surface area contributed by atoms with Gasteiger partial charge in [0.25, 0.3) is 5.91 Å². The van der Waals surface area contributed by atoms with E-state index in [0.29, 0.717) is 16.7 Å². The fraction of sp³-hybridized carbons (Fsp3) is 0.0667. The average molecular weight is 309 g/mol. The maximum atomic E-state index is 11.7. The molecule has 0 aliphatic carbocycles. The first kappa shape index (κ1) is 16.0. The Bertz CT molecular complexity index is 830. The number of hydrogen-bond acceptors (Lipinski definition) is 5. The minimum atomic E-state index is -1.20. The fourth-order valence-electron chi connectivity index (χ4n) is 2.08. The van der Waals surface area contributed by atoms with Crippen molar-refractivity contribution in [2.45, 2.75) is 0 Å². The molecule has 0 fully saturated rings. The first-order valence-corrected chi connectivity index (χ1v) is 6.63. The molecule has 8 heteroatoms. The molecule has 1 amide bonds. The van der Waals surface area contributed by atoms with Gasteiger partial charge in [0, 0.05) is 17.3 Å². The van der Waals surface area contributed by atoms with Gasteiger partial charge in [-0.25, -0.2) is 4.98 Å². The maximum Gasteiger partial charge on any atom is 0.322 e. The van der Waals surface area contributed by atoms with Gasteiger partial charge in [-0.3, -0.25) is 9.59 Å². The maximum absolute atomic E-state index is 11.7. The molecular formula is C15H12BN3O4. The summed E-state index contributed by atoms with van der Waals surface area (Å²) in [4.78, 5) is 26.1. The van der Waals surface area contributed by atoms with Crippen molar-refractivity contribution < 1.29 is 19.8 Å². The van der Waals surface area contributed by atoms with E-state index in [1.807, 2.05) is 0 Å². The fourth-order valence-corrected chi connectivity index (χ4v) is 2.08. The Morgan fingerprint density at radius 3 is 2.74 bits per heavy atom. The predicted octanol–water partition coefficient (Wildman–Crippen LogP) is -0.601. The molecule has 0 aliphatic heterocycles. The van der Waals surface area contributed by atoms with Crippen molar-refractivity contribution in [2.24, 2.45) is 0 Å². The monoisotopic (exact) mass is 309 g/mol. The Balaban J connectivity index is 2.35. The topological polar surface area (TPSA) is 123 Å². The van der Waals surface area contributed by atoms with Crippen LogP contribution in [0, 0.1) is 11.3 Å². The number of pyridine rings is 1. The van der Waals surface area contributed by atoms with E-state index in [1.165, 1.54) is 12.3 Å². The number of aliphatic carboxylic acids is 1. The molecule has 0 spiro atoms. The molecule has 2 aromatic rings. The summed E-state index contributed by atoms with van der Waals surface area (Å²) in [5, 5.41) is 29.7. The van der Waals surface area contributed by atoms with Crippen LogP contribution in [0.1, 0.15) is 16.1 Å². The van der Waals surface area contributed by atoms with E-state index >= 15 is 0 Å². The highest BCUT2D eigenvalue weighted by Crippen LogP contribution is 2.24. The predicted molar refractivity (Wildman–Crippen MR) is 84.2 cm³/mol. The van der Waals surface area contributed by atoms with Crippen molar-refractivity contribution in [3.8, 4) is 22.9 Å². The second kappa shape index (κ2) is 6.62. The zero-order valence-corrected chi connectivity index (χ0v) is 12.2. The number of rotatable bonds is 4. The molecular weight excluding hydrogens is 297 g/mol. The van der Waals surface area contributed by atoms with E-state index in [1.54, 1.807) is 26.0 Å². The normalized spacial score (nSPS) is 9.87. The Kier molecular flexibility index (Phi) is 4.62. The van der Waals surface area contributed by atoms with E-state index in [4.69, 9.17) is 10.4 Å². The van der Waals surface area contributed by atoms with Crippen molar-refractivity contribution >= 4 is 25.2 Å². The molecule has 23 heavy (non-hydrogen) atoms. The van der Waals surface area contributed by atoms with Gasteiger partial charge in [0.1, 0.15) is 20.1 Å². The average Bonchev–Trinajstić information content (AvgIpc) is 2.52. The summed E-state index contributed by atoms with van der Waals surface area (Å²) in [6.07, 6.45) is 1.39. The number of hydrogen-bond donors (Lipinski definition) is 3. The Labute approximate surface area is 132 Å². The number of amides is 1. The van der Waals surface area contributed by atoms with Crippen LogP contribution in [0.15, 0.2) is 30.5 Å². The summed E-state index contributed by atoms with van der Waals surface area (Å²) in [5.74, 6) is -2.34. The van der Waals surface area contributed by atoms with Crippen LogP contribution in [0.4, 0.5) is 0 Å². The smallest absolute Gasteiger partial charge is 0.322 e. The quantitative estimate of drug-likeness (QED) is 0.648. The number of carbonyl (C=O) groups is 2. The van der Waals surface area contributed by atoms with Gasteiger partial charge in [-0.05, 0) is 17.7 Å². The number of nitrogens with one attached hydrogen (secondary N) is 1. The lowest BCUT2D eigenvalue weighted by Gasteiger charge is -2.10. The molecule has 0 unspecified atom stereocenters. The first-order valence-electron chi connectivity index (χ1n) is 6.63. The van der Waals surface area contributed by atoms with Crippen LogP contribution >= 0.6 is 0 Å². The van der Waals surface area contributed by atoms with Crippen LogP contribution < -0.4 is 10.8 Å². The van der Waals surface area contributed by atoms with E-state index in [2.05, 4.69) is 16.4 Å². The molecule has 1 aromatic heterocycles. The van der Waals surface area contributed by atoms with Crippen molar-refractivity contribution in [3.05, 3.63) is 41.7 Å². The van der Waals surface area contributed by atoms with E-state index in [9.17, 15) is 14.7 Å². The second-order valence-electron chi connectivity index (χ2n) is 4.76. The van der Waals surface area contributed by atoms with Crippen molar-refractivity contribution in [2.75, 3.05) is 6.54 Å². The Morgan fingerprint density at radius 2 is 2.13 bits per heavy atom. The lowest BCUT2D eigenvalue weighted by molar-refractivity contribution is -0.135. The largest absolute Gasteiger partial charge is 0.505 e. The SMILES string of the molecule is Bc1c(C#N)cccc1-c1cnc(C(=O)NCC(=O)O)c(O)c1. The lowest BCUT2D eigenvalue weighted by Crippen LogP contribution is -2.29. The Morgan fingerprint density at radius 1 is 1.39 bits per heavy atom. The molecule has 114 valence electrons. The third-order valence-corrected chi connectivity index (χ3v) is 3.25. The second-order valence-corrected chi connectivity index (χ2v) is 4.76. The molecule has 1 heterocycles.